The number of thiazole rings is 1. The van der Waals surface area contributed by atoms with Gasteiger partial charge in [-0.05, 0) is 55.5 Å². The molecule has 0 spiro atoms. The first-order valence-electron chi connectivity index (χ1n) is 9.27. The fourth-order valence-corrected chi connectivity index (χ4v) is 4.74. The Bertz CT molecular complexity index is 1240. The van der Waals surface area contributed by atoms with Gasteiger partial charge in [0.2, 0.25) is 0 Å². The fraction of sp³-hybridized carbons (Fsp3) is 0.0909. The standard InChI is InChI=1S/C22H19N3O3S2/c1-2-28-19-8-10-20(11-9-19)30(26,27)25-18-7-3-5-16(13-18)21-15-29-22(24-21)17-6-4-12-23-14-17/h3-15,25H,2H2,1H3. The van der Waals surface area contributed by atoms with Gasteiger partial charge in [0.1, 0.15) is 10.8 Å². The average molecular weight is 438 g/mol. The predicted molar refractivity (Wildman–Crippen MR) is 119 cm³/mol. The van der Waals surface area contributed by atoms with Crippen LogP contribution in [-0.4, -0.2) is 25.0 Å². The summed E-state index contributed by atoms with van der Waals surface area (Å²) in [6, 6.07) is 17.3. The van der Waals surface area contributed by atoms with Crippen LogP contribution in [0.25, 0.3) is 21.8 Å². The summed E-state index contributed by atoms with van der Waals surface area (Å²) in [6.07, 6.45) is 3.49. The monoisotopic (exact) mass is 437 g/mol. The number of hydrogen-bond acceptors (Lipinski definition) is 6. The Morgan fingerprint density at radius 2 is 1.83 bits per heavy atom. The molecule has 30 heavy (non-hydrogen) atoms. The highest BCUT2D eigenvalue weighted by atomic mass is 32.2. The van der Waals surface area contributed by atoms with Crippen molar-refractivity contribution in [3.63, 3.8) is 0 Å². The highest BCUT2D eigenvalue weighted by Gasteiger charge is 2.15. The molecule has 0 amide bonds. The third kappa shape index (κ3) is 4.50. The van der Waals surface area contributed by atoms with E-state index in [9.17, 15) is 8.42 Å². The Balaban J connectivity index is 1.56. The molecule has 0 radical (unpaired) electrons. The van der Waals surface area contributed by atoms with Crippen LogP contribution in [0.1, 0.15) is 6.92 Å². The largest absolute Gasteiger partial charge is 0.494 e. The van der Waals surface area contributed by atoms with Crippen LogP contribution < -0.4 is 9.46 Å². The van der Waals surface area contributed by atoms with Gasteiger partial charge in [0.05, 0.1) is 17.2 Å². The lowest BCUT2D eigenvalue weighted by Crippen LogP contribution is -2.12. The molecule has 2 aromatic carbocycles. The molecule has 4 aromatic rings. The zero-order chi connectivity index (χ0) is 21.0. The minimum Gasteiger partial charge on any atom is -0.494 e. The zero-order valence-electron chi connectivity index (χ0n) is 16.1. The van der Waals surface area contributed by atoms with Gasteiger partial charge in [-0.2, -0.15) is 0 Å². The topological polar surface area (TPSA) is 81.2 Å². The molecule has 2 aromatic heterocycles. The van der Waals surface area contributed by atoms with Gasteiger partial charge in [0.15, 0.2) is 0 Å². The molecule has 0 unspecified atom stereocenters. The number of nitrogens with one attached hydrogen (secondary N) is 1. The number of sulfonamides is 1. The van der Waals surface area contributed by atoms with E-state index in [0.717, 1.165) is 21.8 Å². The minimum absolute atomic E-state index is 0.170. The van der Waals surface area contributed by atoms with E-state index in [0.29, 0.717) is 18.0 Å². The summed E-state index contributed by atoms with van der Waals surface area (Å²) in [5.74, 6) is 0.631. The SMILES string of the molecule is CCOc1ccc(S(=O)(=O)Nc2cccc(-c3csc(-c4cccnc4)n3)c2)cc1. The quantitative estimate of drug-likeness (QED) is 0.436. The first kappa shape index (κ1) is 20.1. The molecular weight excluding hydrogens is 418 g/mol. The second-order valence-corrected chi connectivity index (χ2v) is 8.91. The van der Waals surface area contributed by atoms with Gasteiger partial charge < -0.3 is 4.74 Å². The summed E-state index contributed by atoms with van der Waals surface area (Å²) in [5.41, 5.74) is 3.02. The van der Waals surface area contributed by atoms with Crippen LogP contribution in [0.5, 0.6) is 5.75 Å². The van der Waals surface area contributed by atoms with Crippen molar-refractivity contribution < 1.29 is 13.2 Å². The lowest BCUT2D eigenvalue weighted by atomic mass is 10.1. The normalized spacial score (nSPS) is 11.2. The van der Waals surface area contributed by atoms with Crippen LogP contribution in [-0.2, 0) is 10.0 Å². The summed E-state index contributed by atoms with van der Waals surface area (Å²) in [6.45, 7) is 2.40. The van der Waals surface area contributed by atoms with Crippen LogP contribution in [0, 0.1) is 0 Å². The summed E-state index contributed by atoms with van der Waals surface area (Å²) in [4.78, 5) is 8.96. The fourth-order valence-electron chi connectivity index (χ4n) is 2.87. The number of anilines is 1. The zero-order valence-corrected chi connectivity index (χ0v) is 17.8. The summed E-state index contributed by atoms with van der Waals surface area (Å²) < 4.78 is 33.5. The van der Waals surface area contributed by atoms with Gasteiger partial charge in [-0.15, -0.1) is 11.3 Å². The van der Waals surface area contributed by atoms with Gasteiger partial charge in [-0.3, -0.25) is 9.71 Å². The number of aromatic nitrogens is 2. The molecule has 0 fully saturated rings. The Morgan fingerprint density at radius 3 is 2.57 bits per heavy atom. The van der Waals surface area contributed by atoms with Crippen molar-refractivity contribution in [2.45, 2.75) is 11.8 Å². The number of hydrogen-bond donors (Lipinski definition) is 1. The second-order valence-electron chi connectivity index (χ2n) is 6.37. The van der Waals surface area contributed by atoms with Crippen LogP contribution >= 0.6 is 11.3 Å². The van der Waals surface area contributed by atoms with Crippen molar-refractivity contribution in [1.82, 2.24) is 9.97 Å². The number of benzene rings is 2. The van der Waals surface area contributed by atoms with Crippen molar-refractivity contribution in [2.24, 2.45) is 0 Å². The van der Waals surface area contributed by atoms with Gasteiger partial charge in [-0.25, -0.2) is 13.4 Å². The second kappa shape index (κ2) is 8.64. The van der Waals surface area contributed by atoms with Crippen molar-refractivity contribution in [1.29, 1.82) is 0 Å². The predicted octanol–water partition coefficient (Wildman–Crippen LogP) is 5.07. The lowest BCUT2D eigenvalue weighted by Gasteiger charge is -2.10. The summed E-state index contributed by atoms with van der Waals surface area (Å²) in [5, 5.41) is 2.81. The van der Waals surface area contributed by atoms with E-state index in [4.69, 9.17) is 4.74 Å². The van der Waals surface area contributed by atoms with Crippen molar-refractivity contribution >= 4 is 27.0 Å². The van der Waals surface area contributed by atoms with Gasteiger partial charge in [0, 0.05) is 34.6 Å². The van der Waals surface area contributed by atoms with Gasteiger partial charge >= 0.3 is 0 Å². The van der Waals surface area contributed by atoms with E-state index in [1.165, 1.54) is 23.5 Å². The third-order valence-corrected chi connectivity index (χ3v) is 6.56. The molecule has 0 saturated heterocycles. The molecule has 0 aliphatic carbocycles. The summed E-state index contributed by atoms with van der Waals surface area (Å²) in [7, 11) is -3.71. The van der Waals surface area contributed by atoms with Crippen LogP contribution in [0.2, 0.25) is 0 Å². The van der Waals surface area contributed by atoms with Gasteiger partial charge in [0.25, 0.3) is 10.0 Å². The minimum atomic E-state index is -3.71. The first-order valence-corrected chi connectivity index (χ1v) is 11.6. The van der Waals surface area contributed by atoms with E-state index in [1.807, 2.05) is 30.5 Å². The smallest absolute Gasteiger partial charge is 0.261 e. The molecule has 152 valence electrons. The number of pyridine rings is 1. The highest BCUT2D eigenvalue weighted by Crippen LogP contribution is 2.30. The lowest BCUT2D eigenvalue weighted by molar-refractivity contribution is 0.340. The molecule has 6 nitrogen and oxygen atoms in total. The highest BCUT2D eigenvalue weighted by molar-refractivity contribution is 7.92. The molecule has 1 N–H and O–H groups in total. The van der Waals surface area contributed by atoms with E-state index < -0.39 is 10.0 Å². The molecule has 8 heteroatoms. The molecule has 0 aliphatic heterocycles. The Hall–Kier alpha value is -3.23. The van der Waals surface area contributed by atoms with E-state index >= 15 is 0 Å². The Kier molecular flexibility index (Phi) is 5.78. The summed E-state index contributed by atoms with van der Waals surface area (Å²) >= 11 is 1.52. The molecule has 0 saturated carbocycles. The third-order valence-electron chi connectivity index (χ3n) is 4.27. The maximum atomic E-state index is 12.7. The Morgan fingerprint density at radius 1 is 1.03 bits per heavy atom. The van der Waals surface area contributed by atoms with Crippen LogP contribution in [0.4, 0.5) is 5.69 Å². The molecule has 0 bridgehead atoms. The van der Waals surface area contributed by atoms with Gasteiger partial charge in [-0.1, -0.05) is 12.1 Å². The van der Waals surface area contributed by atoms with E-state index in [2.05, 4.69) is 14.7 Å². The average Bonchev–Trinajstić information content (AvgIpc) is 3.25. The van der Waals surface area contributed by atoms with Crippen LogP contribution in [0.15, 0.2) is 83.3 Å². The maximum Gasteiger partial charge on any atom is 0.261 e. The van der Waals surface area contributed by atoms with E-state index in [1.54, 1.807) is 42.7 Å². The number of ether oxygens (including phenoxy) is 1. The Labute approximate surface area is 179 Å². The molecule has 4 rings (SSSR count). The molecular formula is C22H19N3O3S2. The first-order chi connectivity index (χ1) is 14.5. The molecule has 0 atom stereocenters. The van der Waals surface area contributed by atoms with Crippen molar-refractivity contribution in [3.8, 4) is 27.6 Å². The van der Waals surface area contributed by atoms with Crippen molar-refractivity contribution in [2.75, 3.05) is 11.3 Å². The number of rotatable bonds is 7. The van der Waals surface area contributed by atoms with E-state index in [-0.39, 0.29) is 4.90 Å². The molecule has 0 aliphatic rings. The van der Waals surface area contributed by atoms with Crippen LogP contribution in [0.3, 0.4) is 0 Å². The maximum absolute atomic E-state index is 12.7. The van der Waals surface area contributed by atoms with Crippen molar-refractivity contribution in [3.05, 3.63) is 78.4 Å². The number of nitrogens with zero attached hydrogens (tertiary/aromatic N) is 2. The molecule has 2 heterocycles.